The smallest absolute Gasteiger partial charge is 0.253 e. The van der Waals surface area contributed by atoms with Crippen LogP contribution in [-0.4, -0.2) is 56.3 Å². The molecule has 0 aliphatic carbocycles. The van der Waals surface area contributed by atoms with Crippen molar-refractivity contribution in [3.8, 4) is 0 Å². The molecule has 0 unspecified atom stereocenters. The molecule has 0 saturated carbocycles. The maximum absolute atomic E-state index is 13.6. The Bertz CT molecular complexity index is 1590. The predicted molar refractivity (Wildman–Crippen MR) is 154 cm³/mol. The van der Waals surface area contributed by atoms with Crippen LogP contribution in [-0.2, 0) is 19.4 Å². The number of fused-ring (bicyclic) bond motifs is 1. The normalized spacial score (nSPS) is 15.1. The van der Waals surface area contributed by atoms with Crippen molar-refractivity contribution >= 4 is 16.6 Å². The molecule has 0 spiro atoms. The van der Waals surface area contributed by atoms with Gasteiger partial charge in [-0.25, -0.2) is 4.68 Å². The molecule has 1 N–H and O–H groups in total. The van der Waals surface area contributed by atoms with Crippen molar-refractivity contribution in [3.63, 3.8) is 0 Å². The average molecular weight is 520 g/mol. The Morgan fingerprint density at radius 1 is 0.872 bits per heavy atom. The number of tetrazole rings is 1. The second kappa shape index (κ2) is 11.2. The molecule has 8 heteroatoms. The third-order valence-electron chi connectivity index (χ3n) is 7.70. The number of nitrogens with zero attached hydrogens (tertiary/aromatic N) is 6. The second-order valence-electron chi connectivity index (χ2n) is 10.1. The van der Waals surface area contributed by atoms with Gasteiger partial charge in [-0.3, -0.25) is 9.69 Å². The van der Waals surface area contributed by atoms with Gasteiger partial charge < -0.3 is 9.88 Å². The van der Waals surface area contributed by atoms with E-state index in [9.17, 15) is 4.79 Å². The summed E-state index contributed by atoms with van der Waals surface area (Å²) in [6.45, 7) is 6.08. The Morgan fingerprint density at radius 3 is 2.36 bits per heavy atom. The molecule has 1 saturated heterocycles. The molecule has 1 atom stereocenters. The van der Waals surface area contributed by atoms with Crippen LogP contribution < -0.4 is 10.5 Å². The van der Waals surface area contributed by atoms with E-state index >= 15 is 0 Å². The summed E-state index contributed by atoms with van der Waals surface area (Å²) in [6.07, 6.45) is 1.74. The van der Waals surface area contributed by atoms with Crippen LogP contribution >= 0.6 is 0 Å². The van der Waals surface area contributed by atoms with E-state index in [1.807, 2.05) is 41.1 Å². The Labute approximate surface area is 227 Å². The van der Waals surface area contributed by atoms with Crippen LogP contribution in [0.3, 0.4) is 0 Å². The molecule has 0 bridgehead atoms. The van der Waals surface area contributed by atoms with Crippen LogP contribution in [0.5, 0.6) is 0 Å². The number of pyridine rings is 1. The highest BCUT2D eigenvalue weighted by atomic mass is 16.1. The first kappa shape index (κ1) is 25.0. The molecular formula is C31H33N7O. The van der Waals surface area contributed by atoms with E-state index in [0.29, 0.717) is 17.9 Å². The van der Waals surface area contributed by atoms with Crippen LogP contribution in [0.4, 0.5) is 5.69 Å². The standard InChI is InChI=1S/C31H33N7O/c1-2-23-13-14-28-25(21-23)22-27(31(39)32-28)29(37-19-17-36(18-20-37)26-11-7-4-8-12-26)30-33-34-35-38(30)16-15-24-9-5-3-6-10-24/h3-14,21-22,29H,2,15-20H2,1H3,(H,32,39)/t29-/m1/s1. The molecule has 0 radical (unpaired) electrons. The molecule has 2 aromatic heterocycles. The van der Waals surface area contributed by atoms with Gasteiger partial charge in [0, 0.05) is 49.5 Å². The topological polar surface area (TPSA) is 82.9 Å². The summed E-state index contributed by atoms with van der Waals surface area (Å²) in [7, 11) is 0. The Balaban J connectivity index is 1.36. The number of nitrogens with one attached hydrogen (secondary N) is 1. The molecule has 198 valence electrons. The first-order chi connectivity index (χ1) is 19.2. The van der Waals surface area contributed by atoms with Crippen LogP contribution in [0.15, 0.2) is 89.7 Å². The van der Waals surface area contributed by atoms with Gasteiger partial charge in [-0.05, 0) is 70.1 Å². The monoisotopic (exact) mass is 519 g/mol. The average Bonchev–Trinajstić information content (AvgIpc) is 3.45. The third-order valence-corrected chi connectivity index (χ3v) is 7.70. The van der Waals surface area contributed by atoms with Crippen LogP contribution in [0.25, 0.3) is 10.9 Å². The minimum absolute atomic E-state index is 0.0974. The number of hydrogen-bond donors (Lipinski definition) is 1. The molecule has 3 aromatic carbocycles. The lowest BCUT2D eigenvalue weighted by atomic mass is 10.0. The van der Waals surface area contributed by atoms with Crippen LogP contribution in [0.2, 0.25) is 0 Å². The van der Waals surface area contributed by atoms with Crippen molar-refractivity contribution in [2.24, 2.45) is 0 Å². The number of anilines is 1. The zero-order valence-electron chi connectivity index (χ0n) is 22.2. The fourth-order valence-electron chi connectivity index (χ4n) is 5.52. The lowest BCUT2D eigenvalue weighted by Crippen LogP contribution is -2.49. The zero-order chi connectivity index (χ0) is 26.6. The number of hydrogen-bond acceptors (Lipinski definition) is 6. The number of aromatic amines is 1. The highest BCUT2D eigenvalue weighted by molar-refractivity contribution is 5.80. The number of piperazine rings is 1. The summed E-state index contributed by atoms with van der Waals surface area (Å²) >= 11 is 0. The highest BCUT2D eigenvalue weighted by Gasteiger charge is 2.32. The largest absolute Gasteiger partial charge is 0.369 e. The van der Waals surface area contributed by atoms with E-state index in [1.165, 1.54) is 16.8 Å². The van der Waals surface area contributed by atoms with Crippen molar-refractivity contribution in [2.75, 3.05) is 31.1 Å². The number of H-pyrrole nitrogens is 1. The Hall–Kier alpha value is -4.30. The van der Waals surface area contributed by atoms with Crippen molar-refractivity contribution in [2.45, 2.75) is 32.4 Å². The maximum atomic E-state index is 13.6. The van der Waals surface area contributed by atoms with Gasteiger partial charge in [0.05, 0.1) is 0 Å². The second-order valence-corrected chi connectivity index (χ2v) is 10.1. The third kappa shape index (κ3) is 5.33. The first-order valence-corrected chi connectivity index (χ1v) is 13.7. The van der Waals surface area contributed by atoms with Crippen LogP contribution in [0, 0.1) is 0 Å². The molecule has 39 heavy (non-hydrogen) atoms. The van der Waals surface area contributed by atoms with Crippen molar-refractivity contribution in [1.29, 1.82) is 0 Å². The molecule has 8 nitrogen and oxygen atoms in total. The molecule has 1 aliphatic rings. The summed E-state index contributed by atoms with van der Waals surface area (Å²) in [5.41, 5.74) is 5.11. The summed E-state index contributed by atoms with van der Waals surface area (Å²) < 4.78 is 1.87. The zero-order valence-corrected chi connectivity index (χ0v) is 22.2. The van der Waals surface area contributed by atoms with Crippen molar-refractivity contribution in [3.05, 3.63) is 118 Å². The minimum atomic E-state index is -0.355. The number of aryl methyl sites for hydroxylation is 3. The highest BCUT2D eigenvalue weighted by Crippen LogP contribution is 2.29. The number of rotatable bonds is 8. The number of para-hydroxylation sites is 1. The van der Waals surface area contributed by atoms with Gasteiger partial charge in [0.15, 0.2) is 5.82 Å². The lowest BCUT2D eigenvalue weighted by molar-refractivity contribution is 0.199. The summed E-state index contributed by atoms with van der Waals surface area (Å²) in [5, 5.41) is 14.0. The van der Waals surface area contributed by atoms with E-state index in [-0.39, 0.29) is 11.6 Å². The molecular weight excluding hydrogens is 486 g/mol. The lowest BCUT2D eigenvalue weighted by Gasteiger charge is -2.39. The van der Waals surface area contributed by atoms with E-state index in [0.717, 1.165) is 49.9 Å². The first-order valence-electron chi connectivity index (χ1n) is 13.7. The maximum Gasteiger partial charge on any atom is 0.253 e. The SMILES string of the molecule is CCc1ccc2[nH]c(=O)c([C@H](c3nnnn3CCc3ccccc3)N3CCN(c4ccccc4)CC3)cc2c1. The van der Waals surface area contributed by atoms with Crippen LogP contribution in [0.1, 0.15) is 35.5 Å². The number of aromatic nitrogens is 5. The Kier molecular flexibility index (Phi) is 7.19. The van der Waals surface area contributed by atoms with Gasteiger partial charge in [0.2, 0.25) is 0 Å². The number of benzene rings is 3. The molecule has 0 amide bonds. The van der Waals surface area contributed by atoms with Gasteiger partial charge >= 0.3 is 0 Å². The van der Waals surface area contributed by atoms with Gasteiger partial charge in [0.25, 0.3) is 5.56 Å². The van der Waals surface area contributed by atoms with Crippen molar-refractivity contribution < 1.29 is 0 Å². The summed E-state index contributed by atoms with van der Waals surface area (Å²) in [6, 6.07) is 28.7. The predicted octanol–water partition coefficient (Wildman–Crippen LogP) is 4.23. The summed E-state index contributed by atoms with van der Waals surface area (Å²) in [5.74, 6) is 0.704. The fraction of sp³-hybridized carbons (Fsp3) is 0.290. The van der Waals surface area contributed by atoms with Gasteiger partial charge in [-0.2, -0.15) is 0 Å². The van der Waals surface area contributed by atoms with Crippen molar-refractivity contribution in [1.82, 2.24) is 30.1 Å². The molecule has 1 aliphatic heterocycles. The Morgan fingerprint density at radius 2 is 1.62 bits per heavy atom. The van der Waals surface area contributed by atoms with Gasteiger partial charge in [-0.1, -0.05) is 61.5 Å². The van der Waals surface area contributed by atoms with Gasteiger partial charge in [-0.15, -0.1) is 5.10 Å². The van der Waals surface area contributed by atoms with E-state index < -0.39 is 0 Å². The fourth-order valence-corrected chi connectivity index (χ4v) is 5.52. The van der Waals surface area contributed by atoms with E-state index in [4.69, 9.17) is 0 Å². The summed E-state index contributed by atoms with van der Waals surface area (Å²) in [4.78, 5) is 21.4. The molecule has 6 rings (SSSR count). The minimum Gasteiger partial charge on any atom is -0.369 e. The quantitative estimate of drug-likeness (QED) is 0.330. The molecule has 3 heterocycles. The van der Waals surface area contributed by atoms with E-state index in [1.54, 1.807) is 0 Å². The van der Waals surface area contributed by atoms with Gasteiger partial charge in [0.1, 0.15) is 6.04 Å². The molecule has 1 fully saturated rings. The van der Waals surface area contributed by atoms with E-state index in [2.05, 4.69) is 85.8 Å². The molecule has 5 aromatic rings.